The lowest BCUT2D eigenvalue weighted by Crippen LogP contribution is -2.05. The molecule has 0 heterocycles. The van der Waals surface area contributed by atoms with Gasteiger partial charge in [-0.2, -0.15) is 5.10 Å². The van der Waals surface area contributed by atoms with Gasteiger partial charge in [0.15, 0.2) is 0 Å². The van der Waals surface area contributed by atoms with Crippen molar-refractivity contribution in [1.82, 2.24) is 5.43 Å². The molecule has 0 aromatic heterocycles. The van der Waals surface area contributed by atoms with Crippen molar-refractivity contribution in [1.29, 1.82) is 0 Å². The molecular formula is C10H11FN2S. The lowest BCUT2D eigenvalue weighted by atomic mass is 10.1. The predicted octanol–water partition coefficient (Wildman–Crippen LogP) is 2.40. The second-order valence-corrected chi connectivity index (χ2v) is 3.14. The summed E-state index contributed by atoms with van der Waals surface area (Å²) in [6.45, 7) is 3.51. The number of benzene rings is 1. The smallest absolute Gasteiger partial charge is 0.126 e. The first kappa shape index (κ1) is 10.8. The lowest BCUT2D eigenvalue weighted by molar-refractivity contribution is 0.618. The maximum atomic E-state index is 13.2. The van der Waals surface area contributed by atoms with Gasteiger partial charge in [0, 0.05) is 5.56 Å². The Kier molecular flexibility index (Phi) is 3.71. The van der Waals surface area contributed by atoms with Gasteiger partial charge in [0.25, 0.3) is 0 Å². The number of hydrazone groups is 1. The van der Waals surface area contributed by atoms with Gasteiger partial charge in [-0.15, -0.1) is 0 Å². The zero-order valence-corrected chi connectivity index (χ0v) is 8.86. The van der Waals surface area contributed by atoms with E-state index in [4.69, 9.17) is 0 Å². The topological polar surface area (TPSA) is 24.4 Å². The number of rotatable bonds is 3. The van der Waals surface area contributed by atoms with E-state index >= 15 is 0 Å². The second kappa shape index (κ2) is 4.81. The van der Waals surface area contributed by atoms with E-state index in [-0.39, 0.29) is 5.82 Å². The molecule has 2 nitrogen and oxygen atoms in total. The van der Waals surface area contributed by atoms with E-state index in [0.29, 0.717) is 11.3 Å². The molecule has 1 N–H and O–H groups in total. The van der Waals surface area contributed by atoms with Gasteiger partial charge >= 0.3 is 0 Å². The summed E-state index contributed by atoms with van der Waals surface area (Å²) in [4.78, 5) is 0. The molecule has 0 saturated carbocycles. The number of halogens is 1. The van der Waals surface area contributed by atoms with Gasteiger partial charge in [0.2, 0.25) is 0 Å². The molecule has 0 fully saturated rings. The molecule has 0 radical (unpaired) electrons. The fourth-order valence-electron chi connectivity index (χ4n) is 1.01. The van der Waals surface area contributed by atoms with Crippen molar-refractivity contribution >= 4 is 23.4 Å². The molecule has 1 aromatic rings. The van der Waals surface area contributed by atoms with E-state index in [0.717, 1.165) is 5.56 Å². The molecular weight excluding hydrogens is 199 g/mol. The highest BCUT2D eigenvalue weighted by Crippen LogP contribution is 2.09. The molecule has 1 rings (SSSR count). The van der Waals surface area contributed by atoms with Crippen LogP contribution >= 0.6 is 12.2 Å². The third-order valence-electron chi connectivity index (χ3n) is 1.87. The number of nitrogens with zero attached hydrogens (tertiary/aromatic N) is 1. The van der Waals surface area contributed by atoms with Crippen LogP contribution in [0.2, 0.25) is 0 Å². The summed E-state index contributed by atoms with van der Waals surface area (Å²) in [5.74, 6) is -0.223. The first-order valence-electron chi connectivity index (χ1n) is 4.15. The van der Waals surface area contributed by atoms with Crippen LogP contribution in [0.3, 0.4) is 0 Å². The molecule has 0 amide bonds. The Balaban J connectivity index is 2.96. The first-order chi connectivity index (χ1) is 6.65. The summed E-state index contributed by atoms with van der Waals surface area (Å²) < 4.78 is 13.2. The second-order valence-electron chi connectivity index (χ2n) is 2.91. The van der Waals surface area contributed by atoms with Gasteiger partial charge in [0.05, 0.1) is 11.2 Å². The Morgan fingerprint density at radius 3 is 2.86 bits per heavy atom. The Bertz CT molecular complexity index is 374. The maximum Gasteiger partial charge on any atom is 0.126 e. The fraction of sp³-hybridized carbons (Fsp3) is 0.200. The minimum Gasteiger partial charge on any atom is -0.275 e. The number of thiocarbonyl (C=S) groups is 1. The highest BCUT2D eigenvalue weighted by Gasteiger charge is 2.01. The number of hydrogen-bond donors (Lipinski definition) is 1. The van der Waals surface area contributed by atoms with Gasteiger partial charge < -0.3 is 0 Å². The SMILES string of the molecule is C/C(=N\NC=S)c1ccc(C)c(F)c1. The van der Waals surface area contributed by atoms with Crippen molar-refractivity contribution in [3.8, 4) is 0 Å². The van der Waals surface area contributed by atoms with Gasteiger partial charge in [-0.1, -0.05) is 24.4 Å². The number of nitrogens with one attached hydrogen (secondary N) is 1. The van der Waals surface area contributed by atoms with Crippen molar-refractivity contribution < 1.29 is 4.39 Å². The highest BCUT2D eigenvalue weighted by atomic mass is 32.1. The van der Waals surface area contributed by atoms with E-state index in [2.05, 4.69) is 22.7 Å². The minimum absolute atomic E-state index is 0.223. The Morgan fingerprint density at radius 1 is 1.57 bits per heavy atom. The van der Waals surface area contributed by atoms with Crippen molar-refractivity contribution in [2.75, 3.05) is 0 Å². The summed E-state index contributed by atoms with van der Waals surface area (Å²) in [7, 11) is 0. The van der Waals surface area contributed by atoms with Crippen LogP contribution in [0.25, 0.3) is 0 Å². The molecule has 0 saturated heterocycles. The quantitative estimate of drug-likeness (QED) is 0.470. The standard InChI is InChI=1S/C10H11FN2S/c1-7-3-4-9(5-10(7)11)8(2)13-12-6-14/h3-6H,1-2H3,(H,12,14)/b13-8+. The summed E-state index contributed by atoms with van der Waals surface area (Å²) >= 11 is 4.55. The molecule has 0 aliphatic carbocycles. The van der Waals surface area contributed by atoms with Crippen LogP contribution in [0, 0.1) is 12.7 Å². The number of aryl methyl sites for hydroxylation is 1. The Hall–Kier alpha value is -1.29. The largest absolute Gasteiger partial charge is 0.275 e. The molecule has 14 heavy (non-hydrogen) atoms. The Labute approximate surface area is 87.8 Å². The van der Waals surface area contributed by atoms with E-state index in [1.54, 1.807) is 19.9 Å². The van der Waals surface area contributed by atoms with E-state index in [1.165, 1.54) is 11.6 Å². The predicted molar refractivity (Wildman–Crippen MR) is 60.1 cm³/mol. The van der Waals surface area contributed by atoms with Crippen LogP contribution in [0.15, 0.2) is 23.3 Å². The molecule has 4 heteroatoms. The van der Waals surface area contributed by atoms with Gasteiger partial charge in [-0.25, -0.2) is 4.39 Å². The van der Waals surface area contributed by atoms with Gasteiger partial charge in [-0.3, -0.25) is 5.43 Å². The van der Waals surface area contributed by atoms with Crippen molar-refractivity contribution in [2.24, 2.45) is 5.10 Å². The molecule has 0 atom stereocenters. The highest BCUT2D eigenvalue weighted by molar-refractivity contribution is 7.78. The molecule has 0 bridgehead atoms. The maximum absolute atomic E-state index is 13.2. The van der Waals surface area contributed by atoms with Crippen molar-refractivity contribution in [2.45, 2.75) is 13.8 Å². The number of hydrogen-bond acceptors (Lipinski definition) is 2. The normalized spacial score (nSPS) is 11.2. The zero-order chi connectivity index (χ0) is 10.6. The van der Waals surface area contributed by atoms with Crippen LogP contribution in [0.1, 0.15) is 18.1 Å². The van der Waals surface area contributed by atoms with Crippen LogP contribution in [0.5, 0.6) is 0 Å². The van der Waals surface area contributed by atoms with E-state index < -0.39 is 0 Å². The average molecular weight is 210 g/mol. The van der Waals surface area contributed by atoms with Crippen LogP contribution in [-0.2, 0) is 0 Å². The summed E-state index contributed by atoms with van der Waals surface area (Å²) in [5, 5.41) is 3.92. The summed E-state index contributed by atoms with van der Waals surface area (Å²) in [6.07, 6.45) is 0. The molecule has 0 aliphatic rings. The van der Waals surface area contributed by atoms with Gasteiger partial charge in [0.1, 0.15) is 5.82 Å². The van der Waals surface area contributed by atoms with Gasteiger partial charge in [-0.05, 0) is 25.5 Å². The van der Waals surface area contributed by atoms with E-state index in [9.17, 15) is 4.39 Å². The third kappa shape index (κ3) is 2.60. The molecule has 0 aliphatic heterocycles. The van der Waals surface area contributed by atoms with Crippen LogP contribution in [-0.4, -0.2) is 11.2 Å². The zero-order valence-electron chi connectivity index (χ0n) is 8.04. The van der Waals surface area contributed by atoms with Crippen LogP contribution in [0.4, 0.5) is 4.39 Å². The van der Waals surface area contributed by atoms with Crippen molar-refractivity contribution in [3.63, 3.8) is 0 Å². The Morgan fingerprint density at radius 2 is 2.29 bits per heavy atom. The van der Waals surface area contributed by atoms with Crippen LogP contribution < -0.4 is 5.43 Å². The average Bonchev–Trinajstić information content (AvgIpc) is 2.18. The fourth-order valence-corrected chi connectivity index (χ4v) is 1.06. The molecule has 0 spiro atoms. The monoisotopic (exact) mass is 210 g/mol. The lowest BCUT2D eigenvalue weighted by Gasteiger charge is -2.02. The minimum atomic E-state index is -0.223. The molecule has 1 aromatic carbocycles. The third-order valence-corrected chi connectivity index (χ3v) is 1.98. The van der Waals surface area contributed by atoms with Crippen molar-refractivity contribution in [3.05, 3.63) is 35.1 Å². The molecule has 74 valence electrons. The molecule has 0 unspecified atom stereocenters. The van der Waals surface area contributed by atoms with E-state index in [1.807, 2.05) is 6.07 Å². The summed E-state index contributed by atoms with van der Waals surface area (Å²) in [6, 6.07) is 5.00. The first-order valence-corrected chi connectivity index (χ1v) is 4.62. The summed E-state index contributed by atoms with van der Waals surface area (Å²) in [5.41, 5.74) is 5.91.